The predicted octanol–water partition coefficient (Wildman–Crippen LogP) is 0.823. The maximum atomic E-state index is 11.8. The number of aromatic nitrogens is 3. The van der Waals surface area contributed by atoms with E-state index in [0.717, 1.165) is 0 Å². The number of anilines is 1. The first-order valence-electron chi connectivity index (χ1n) is 5.03. The molecule has 2 aromatic rings. The van der Waals surface area contributed by atoms with E-state index in [2.05, 4.69) is 10.3 Å². The number of imidazole rings is 1. The molecule has 0 spiro atoms. The zero-order valence-electron chi connectivity index (χ0n) is 9.54. The number of nitrogens with zero attached hydrogens (tertiary/aromatic N) is 3. The summed E-state index contributed by atoms with van der Waals surface area (Å²) in [5.74, 6) is 0.376. The Bertz CT molecular complexity index is 568. The first kappa shape index (κ1) is 11.1. The molecule has 2 heterocycles. The Morgan fingerprint density at radius 2 is 2.18 bits per heavy atom. The normalized spacial score (nSPS) is 10.2. The molecule has 6 heteroatoms. The third-order valence-electron chi connectivity index (χ3n) is 2.44. The molecule has 0 aliphatic rings. The van der Waals surface area contributed by atoms with Crippen LogP contribution in [0.4, 0.5) is 5.82 Å². The van der Waals surface area contributed by atoms with Crippen molar-refractivity contribution in [3.8, 4) is 0 Å². The number of rotatable bonds is 3. The van der Waals surface area contributed by atoms with Gasteiger partial charge in [0, 0.05) is 26.5 Å². The van der Waals surface area contributed by atoms with Gasteiger partial charge < -0.3 is 14.5 Å². The number of hydrogen-bond donors (Lipinski definition) is 1. The molecule has 2 aromatic heterocycles. The molecule has 0 bridgehead atoms. The molecule has 0 aliphatic heterocycles. The molecule has 6 nitrogen and oxygen atoms in total. The predicted molar refractivity (Wildman–Crippen MR) is 62.0 cm³/mol. The Morgan fingerprint density at radius 3 is 2.71 bits per heavy atom. The molecule has 1 amide bonds. The quantitative estimate of drug-likeness (QED) is 0.797. The van der Waals surface area contributed by atoms with Crippen LogP contribution in [0.25, 0.3) is 0 Å². The second-order valence-corrected chi connectivity index (χ2v) is 3.67. The highest BCUT2D eigenvalue weighted by Crippen LogP contribution is 2.08. The molecule has 0 saturated carbocycles. The molecule has 0 aliphatic carbocycles. The van der Waals surface area contributed by atoms with Crippen LogP contribution in [-0.4, -0.2) is 26.3 Å². The molecular weight excluding hydrogens is 220 g/mol. The van der Waals surface area contributed by atoms with Gasteiger partial charge in [-0.3, -0.25) is 9.59 Å². The van der Waals surface area contributed by atoms with E-state index in [1.807, 2.05) is 0 Å². The summed E-state index contributed by atoms with van der Waals surface area (Å²) >= 11 is 0. The van der Waals surface area contributed by atoms with Gasteiger partial charge in [-0.2, -0.15) is 0 Å². The van der Waals surface area contributed by atoms with Crippen LogP contribution in [0.5, 0.6) is 0 Å². The fourth-order valence-corrected chi connectivity index (χ4v) is 1.53. The second-order valence-electron chi connectivity index (χ2n) is 3.67. The van der Waals surface area contributed by atoms with Crippen molar-refractivity contribution in [1.29, 1.82) is 0 Å². The van der Waals surface area contributed by atoms with Crippen LogP contribution in [0.1, 0.15) is 21.1 Å². The summed E-state index contributed by atoms with van der Waals surface area (Å²) in [4.78, 5) is 26.4. The summed E-state index contributed by atoms with van der Waals surface area (Å²) < 4.78 is 3.26. The minimum Gasteiger partial charge on any atom is -0.347 e. The van der Waals surface area contributed by atoms with E-state index in [4.69, 9.17) is 0 Å². The average molecular weight is 232 g/mol. The largest absolute Gasteiger partial charge is 0.347 e. The monoisotopic (exact) mass is 232 g/mol. The number of hydrogen-bond acceptors (Lipinski definition) is 3. The zero-order chi connectivity index (χ0) is 12.4. The minimum atomic E-state index is -0.256. The van der Waals surface area contributed by atoms with Gasteiger partial charge in [-0.05, 0) is 12.1 Å². The van der Waals surface area contributed by atoms with Gasteiger partial charge in [0.1, 0.15) is 5.69 Å². The van der Waals surface area contributed by atoms with Crippen LogP contribution in [0.15, 0.2) is 24.5 Å². The van der Waals surface area contributed by atoms with Crippen molar-refractivity contribution in [3.63, 3.8) is 0 Å². The van der Waals surface area contributed by atoms with Crippen molar-refractivity contribution in [3.05, 3.63) is 36.0 Å². The van der Waals surface area contributed by atoms with Gasteiger partial charge in [-0.1, -0.05) is 0 Å². The third kappa shape index (κ3) is 2.10. The molecule has 1 N–H and O–H groups in total. The van der Waals surface area contributed by atoms with Crippen molar-refractivity contribution in [2.24, 2.45) is 14.1 Å². The van der Waals surface area contributed by atoms with Crippen molar-refractivity contribution < 1.29 is 9.59 Å². The first-order valence-corrected chi connectivity index (χ1v) is 5.03. The molecular formula is C11H12N4O2. The van der Waals surface area contributed by atoms with E-state index in [1.54, 1.807) is 47.8 Å². The van der Waals surface area contributed by atoms with Gasteiger partial charge in [0.2, 0.25) is 0 Å². The lowest BCUT2D eigenvalue weighted by Crippen LogP contribution is -2.15. The maximum Gasteiger partial charge on any atom is 0.273 e. The van der Waals surface area contributed by atoms with Gasteiger partial charge in [-0.25, -0.2) is 4.98 Å². The fourth-order valence-electron chi connectivity index (χ4n) is 1.53. The Balaban J connectivity index is 2.18. The van der Waals surface area contributed by atoms with Gasteiger partial charge >= 0.3 is 0 Å². The van der Waals surface area contributed by atoms with Crippen LogP contribution in [0.2, 0.25) is 0 Å². The van der Waals surface area contributed by atoms with E-state index in [0.29, 0.717) is 17.8 Å². The van der Waals surface area contributed by atoms with Crippen LogP contribution >= 0.6 is 0 Å². The molecule has 0 unspecified atom stereocenters. The Hall–Kier alpha value is -2.37. The second kappa shape index (κ2) is 4.25. The minimum absolute atomic E-state index is 0.256. The van der Waals surface area contributed by atoms with E-state index in [1.165, 1.54) is 0 Å². The van der Waals surface area contributed by atoms with Crippen molar-refractivity contribution >= 4 is 18.0 Å². The smallest absolute Gasteiger partial charge is 0.273 e. The lowest BCUT2D eigenvalue weighted by molar-refractivity contribution is 0.101. The van der Waals surface area contributed by atoms with Crippen molar-refractivity contribution in [2.75, 3.05) is 5.32 Å². The van der Waals surface area contributed by atoms with Crippen LogP contribution in [-0.2, 0) is 14.1 Å². The fraction of sp³-hybridized carbons (Fsp3) is 0.182. The van der Waals surface area contributed by atoms with Gasteiger partial charge in [0.15, 0.2) is 17.9 Å². The van der Waals surface area contributed by atoms with E-state index in [9.17, 15) is 9.59 Å². The summed E-state index contributed by atoms with van der Waals surface area (Å²) in [6, 6.07) is 3.49. The molecule has 0 atom stereocenters. The number of nitrogens with one attached hydrogen (secondary N) is 1. The summed E-state index contributed by atoms with van der Waals surface area (Å²) in [5.41, 5.74) is 0.531. The Kier molecular flexibility index (Phi) is 2.78. The van der Waals surface area contributed by atoms with Crippen LogP contribution in [0.3, 0.4) is 0 Å². The molecule has 0 saturated heterocycles. The van der Waals surface area contributed by atoms with Gasteiger partial charge in [0.25, 0.3) is 5.91 Å². The van der Waals surface area contributed by atoms with Gasteiger partial charge in [0.05, 0.1) is 0 Å². The topological polar surface area (TPSA) is 68.9 Å². The highest BCUT2D eigenvalue weighted by Gasteiger charge is 2.11. The highest BCUT2D eigenvalue weighted by atomic mass is 16.2. The Labute approximate surface area is 97.9 Å². The van der Waals surface area contributed by atoms with Crippen molar-refractivity contribution in [1.82, 2.24) is 14.1 Å². The number of amides is 1. The number of aldehydes is 1. The average Bonchev–Trinajstić information content (AvgIpc) is 2.84. The Morgan fingerprint density at radius 1 is 1.41 bits per heavy atom. The third-order valence-corrected chi connectivity index (χ3v) is 2.44. The van der Waals surface area contributed by atoms with E-state index in [-0.39, 0.29) is 11.7 Å². The maximum absolute atomic E-state index is 11.8. The summed E-state index contributed by atoms with van der Waals surface area (Å²) in [5, 5.41) is 2.63. The summed E-state index contributed by atoms with van der Waals surface area (Å²) in [6.45, 7) is 0. The number of aryl methyl sites for hydroxylation is 2. The molecule has 0 fully saturated rings. The van der Waals surface area contributed by atoms with Crippen LogP contribution < -0.4 is 5.32 Å². The standard InChI is InChI=1S/C11H12N4O2/c1-14-5-3-4-8(14)11(17)13-9-6-15(2)10(7-16)12-9/h3-7H,1-2H3,(H,13,17). The van der Waals surface area contributed by atoms with E-state index >= 15 is 0 Å². The number of carbonyl (C=O) groups excluding carboxylic acids is 2. The molecule has 2 rings (SSSR count). The summed E-state index contributed by atoms with van der Waals surface area (Å²) in [6.07, 6.45) is 4.01. The molecule has 17 heavy (non-hydrogen) atoms. The molecule has 0 aromatic carbocycles. The van der Waals surface area contributed by atoms with Crippen LogP contribution in [0, 0.1) is 0 Å². The highest BCUT2D eigenvalue weighted by molar-refractivity contribution is 6.02. The lowest BCUT2D eigenvalue weighted by atomic mass is 10.4. The molecule has 88 valence electrons. The zero-order valence-corrected chi connectivity index (χ0v) is 9.54. The molecule has 0 radical (unpaired) electrons. The van der Waals surface area contributed by atoms with Gasteiger partial charge in [-0.15, -0.1) is 0 Å². The van der Waals surface area contributed by atoms with Crippen molar-refractivity contribution in [2.45, 2.75) is 0 Å². The lowest BCUT2D eigenvalue weighted by Gasteiger charge is -2.02. The summed E-state index contributed by atoms with van der Waals surface area (Å²) in [7, 11) is 3.47. The number of carbonyl (C=O) groups is 2. The SMILES string of the molecule is Cn1cccc1C(=O)Nc1cn(C)c(C=O)n1. The first-order chi connectivity index (χ1) is 8.11. The van der Waals surface area contributed by atoms with E-state index < -0.39 is 0 Å².